The van der Waals surface area contributed by atoms with Crippen molar-refractivity contribution in [3.05, 3.63) is 59.7 Å². The number of carbonyl (C=O) groups is 1. The molecule has 0 atom stereocenters. The van der Waals surface area contributed by atoms with Crippen molar-refractivity contribution in [1.29, 1.82) is 0 Å². The van der Waals surface area contributed by atoms with Crippen molar-refractivity contribution in [2.24, 2.45) is 0 Å². The van der Waals surface area contributed by atoms with Gasteiger partial charge in [-0.2, -0.15) is 0 Å². The maximum atomic E-state index is 11.8. The zero-order chi connectivity index (χ0) is 14.4. The van der Waals surface area contributed by atoms with Gasteiger partial charge < -0.3 is 9.47 Å². The van der Waals surface area contributed by atoms with E-state index in [4.69, 9.17) is 9.47 Å². The third-order valence-corrected chi connectivity index (χ3v) is 3.07. The van der Waals surface area contributed by atoms with E-state index in [1.165, 1.54) is 0 Å². The monoisotopic (exact) mass is 270 g/mol. The number of carbonyl (C=O) groups excluding carboxylic acids is 1. The van der Waals surface area contributed by atoms with E-state index in [0.29, 0.717) is 18.6 Å². The first-order valence-corrected chi connectivity index (χ1v) is 6.58. The molecule has 0 aliphatic heterocycles. The molecule has 2 aromatic rings. The molecule has 0 N–H and O–H groups in total. The maximum Gasteiger partial charge on any atom is 0.311 e. The first kappa shape index (κ1) is 14.1. The molecule has 0 unspecified atom stereocenters. The molecular formula is C17H18O3. The summed E-state index contributed by atoms with van der Waals surface area (Å²) in [5.41, 5.74) is 2.02. The minimum atomic E-state index is -0.220. The van der Waals surface area contributed by atoms with Gasteiger partial charge in [-0.05, 0) is 42.7 Å². The van der Waals surface area contributed by atoms with Crippen LogP contribution >= 0.6 is 0 Å². The molecule has 0 amide bonds. The highest BCUT2D eigenvalue weighted by molar-refractivity contribution is 5.73. The summed E-state index contributed by atoms with van der Waals surface area (Å²) in [5.74, 6) is 1.21. The van der Waals surface area contributed by atoms with E-state index < -0.39 is 0 Å². The van der Waals surface area contributed by atoms with Crippen LogP contribution in [0.4, 0.5) is 0 Å². The molecule has 0 saturated carbocycles. The maximum absolute atomic E-state index is 11.8. The lowest BCUT2D eigenvalue weighted by atomic mass is 10.1. The van der Waals surface area contributed by atoms with Crippen LogP contribution in [0.25, 0.3) is 0 Å². The summed E-state index contributed by atoms with van der Waals surface area (Å²) >= 11 is 0. The van der Waals surface area contributed by atoms with Crippen molar-refractivity contribution in [2.45, 2.75) is 19.8 Å². The van der Waals surface area contributed by atoms with Gasteiger partial charge in [0.15, 0.2) is 0 Å². The minimum absolute atomic E-state index is 0.220. The van der Waals surface area contributed by atoms with Gasteiger partial charge in [-0.3, -0.25) is 4.79 Å². The summed E-state index contributed by atoms with van der Waals surface area (Å²) in [6, 6.07) is 15.2. The lowest BCUT2D eigenvalue weighted by Gasteiger charge is -2.07. The molecule has 0 aliphatic rings. The van der Waals surface area contributed by atoms with Gasteiger partial charge in [0.2, 0.25) is 0 Å². The van der Waals surface area contributed by atoms with E-state index in [0.717, 1.165) is 16.9 Å². The van der Waals surface area contributed by atoms with Gasteiger partial charge in [-0.15, -0.1) is 0 Å². The van der Waals surface area contributed by atoms with Crippen molar-refractivity contribution in [3.8, 4) is 11.5 Å². The Morgan fingerprint density at radius 2 is 1.90 bits per heavy atom. The van der Waals surface area contributed by atoms with Crippen molar-refractivity contribution in [1.82, 2.24) is 0 Å². The zero-order valence-electron chi connectivity index (χ0n) is 11.8. The number of ether oxygens (including phenoxy) is 2. The second-order valence-corrected chi connectivity index (χ2v) is 4.59. The van der Waals surface area contributed by atoms with Crippen LogP contribution in [0.2, 0.25) is 0 Å². The van der Waals surface area contributed by atoms with Crippen LogP contribution in [-0.2, 0) is 11.2 Å². The molecule has 3 nitrogen and oxygen atoms in total. The van der Waals surface area contributed by atoms with Crippen LogP contribution in [0.1, 0.15) is 17.5 Å². The highest BCUT2D eigenvalue weighted by Crippen LogP contribution is 2.18. The van der Waals surface area contributed by atoms with Crippen LogP contribution in [0.15, 0.2) is 48.5 Å². The molecule has 0 radical (unpaired) electrons. The Balaban J connectivity index is 1.90. The first-order valence-electron chi connectivity index (χ1n) is 6.58. The van der Waals surface area contributed by atoms with E-state index in [2.05, 4.69) is 0 Å². The number of aryl methyl sites for hydroxylation is 2. The number of hydrogen-bond donors (Lipinski definition) is 0. The lowest BCUT2D eigenvalue weighted by molar-refractivity contribution is -0.134. The van der Waals surface area contributed by atoms with Gasteiger partial charge in [-0.25, -0.2) is 0 Å². The van der Waals surface area contributed by atoms with Crippen LogP contribution in [0.3, 0.4) is 0 Å². The van der Waals surface area contributed by atoms with Gasteiger partial charge in [0.05, 0.1) is 7.11 Å². The van der Waals surface area contributed by atoms with Crippen molar-refractivity contribution in [2.75, 3.05) is 7.11 Å². The first-order chi connectivity index (χ1) is 9.69. The molecular weight excluding hydrogens is 252 g/mol. The molecule has 0 aliphatic carbocycles. The molecule has 2 aromatic carbocycles. The quantitative estimate of drug-likeness (QED) is 0.615. The van der Waals surface area contributed by atoms with Crippen molar-refractivity contribution in [3.63, 3.8) is 0 Å². The zero-order valence-corrected chi connectivity index (χ0v) is 11.8. The molecule has 0 bridgehead atoms. The third-order valence-electron chi connectivity index (χ3n) is 3.07. The molecule has 2 rings (SSSR count). The molecule has 0 heterocycles. The Bertz CT molecular complexity index is 590. The predicted octanol–water partition coefficient (Wildman–Crippen LogP) is 3.54. The Morgan fingerprint density at radius 1 is 1.10 bits per heavy atom. The summed E-state index contributed by atoms with van der Waals surface area (Å²) in [4.78, 5) is 11.8. The largest absolute Gasteiger partial charge is 0.497 e. The fraction of sp³-hybridized carbons (Fsp3) is 0.235. The van der Waals surface area contributed by atoms with E-state index in [1.807, 2.05) is 49.4 Å². The van der Waals surface area contributed by atoms with Gasteiger partial charge in [-0.1, -0.05) is 30.3 Å². The van der Waals surface area contributed by atoms with Crippen LogP contribution in [-0.4, -0.2) is 13.1 Å². The van der Waals surface area contributed by atoms with E-state index in [9.17, 15) is 4.79 Å². The van der Waals surface area contributed by atoms with Crippen LogP contribution < -0.4 is 9.47 Å². The third kappa shape index (κ3) is 3.85. The van der Waals surface area contributed by atoms with Gasteiger partial charge in [0.1, 0.15) is 11.5 Å². The Kier molecular flexibility index (Phi) is 4.77. The standard InChI is InChI=1S/C17H18O3/c1-13-6-3-4-9-16(13)20-17(18)11-10-14-7-5-8-15(12-14)19-2/h3-9,12H,10-11H2,1-2H3. The fourth-order valence-corrected chi connectivity index (χ4v) is 1.92. The van der Waals surface area contributed by atoms with Crippen LogP contribution in [0, 0.1) is 6.92 Å². The predicted molar refractivity (Wildman–Crippen MR) is 78.1 cm³/mol. The molecule has 0 fully saturated rings. The number of esters is 1. The van der Waals surface area contributed by atoms with Crippen LogP contribution in [0.5, 0.6) is 11.5 Å². The van der Waals surface area contributed by atoms with E-state index in [1.54, 1.807) is 13.2 Å². The number of para-hydroxylation sites is 1. The normalized spacial score (nSPS) is 10.1. The fourth-order valence-electron chi connectivity index (χ4n) is 1.92. The average Bonchev–Trinajstić information content (AvgIpc) is 2.48. The number of hydrogen-bond acceptors (Lipinski definition) is 3. The minimum Gasteiger partial charge on any atom is -0.497 e. The smallest absolute Gasteiger partial charge is 0.311 e. The number of benzene rings is 2. The molecule has 0 saturated heterocycles. The highest BCUT2D eigenvalue weighted by atomic mass is 16.5. The second kappa shape index (κ2) is 6.75. The van der Waals surface area contributed by atoms with Gasteiger partial charge >= 0.3 is 5.97 Å². The number of rotatable bonds is 5. The summed E-state index contributed by atoms with van der Waals surface area (Å²) in [6.45, 7) is 1.92. The second-order valence-electron chi connectivity index (χ2n) is 4.59. The Labute approximate surface area is 119 Å². The average molecular weight is 270 g/mol. The summed E-state index contributed by atoms with van der Waals surface area (Å²) in [5, 5.41) is 0. The highest BCUT2D eigenvalue weighted by Gasteiger charge is 2.07. The SMILES string of the molecule is COc1cccc(CCC(=O)Oc2ccccc2C)c1. The molecule has 0 spiro atoms. The lowest BCUT2D eigenvalue weighted by Crippen LogP contribution is -2.09. The van der Waals surface area contributed by atoms with E-state index in [-0.39, 0.29) is 5.97 Å². The topological polar surface area (TPSA) is 35.5 Å². The summed E-state index contributed by atoms with van der Waals surface area (Å²) in [6.07, 6.45) is 0.990. The van der Waals surface area contributed by atoms with E-state index >= 15 is 0 Å². The van der Waals surface area contributed by atoms with Crippen molar-refractivity contribution < 1.29 is 14.3 Å². The molecule has 0 aromatic heterocycles. The molecule has 104 valence electrons. The Hall–Kier alpha value is -2.29. The van der Waals surface area contributed by atoms with Crippen molar-refractivity contribution >= 4 is 5.97 Å². The van der Waals surface area contributed by atoms with Gasteiger partial charge in [0.25, 0.3) is 0 Å². The Morgan fingerprint density at radius 3 is 2.65 bits per heavy atom. The summed E-state index contributed by atoms with van der Waals surface area (Å²) in [7, 11) is 1.63. The molecule has 3 heteroatoms. The number of methoxy groups -OCH3 is 1. The molecule has 20 heavy (non-hydrogen) atoms. The summed E-state index contributed by atoms with van der Waals surface area (Å²) < 4.78 is 10.5. The van der Waals surface area contributed by atoms with Gasteiger partial charge in [0, 0.05) is 6.42 Å².